The zero-order chi connectivity index (χ0) is 20.1. The number of benzene rings is 1. The lowest BCUT2D eigenvalue weighted by Crippen LogP contribution is -2.08. The van der Waals surface area contributed by atoms with E-state index in [4.69, 9.17) is 19.9 Å². The molecule has 0 unspecified atom stereocenters. The largest absolute Gasteiger partial charge is 0.496 e. The van der Waals surface area contributed by atoms with Crippen LogP contribution in [-0.2, 0) is 13.2 Å². The summed E-state index contributed by atoms with van der Waals surface area (Å²) >= 11 is 0. The summed E-state index contributed by atoms with van der Waals surface area (Å²) in [6, 6.07) is 6.09. The van der Waals surface area contributed by atoms with E-state index in [1.807, 2.05) is 12.1 Å². The third-order valence-corrected chi connectivity index (χ3v) is 4.34. The lowest BCUT2D eigenvalue weighted by molar-refractivity contribution is 0.281. The second-order valence-electron chi connectivity index (χ2n) is 6.25. The third kappa shape index (κ3) is 3.94. The first-order valence-electron chi connectivity index (χ1n) is 9.08. The molecule has 2 aromatic heterocycles. The molecular formula is C19H25N5O4. The van der Waals surface area contributed by atoms with Gasteiger partial charge in [0.1, 0.15) is 5.75 Å². The van der Waals surface area contributed by atoms with Crippen molar-refractivity contribution in [2.45, 2.75) is 32.9 Å². The maximum Gasteiger partial charge on any atom is 0.320 e. The summed E-state index contributed by atoms with van der Waals surface area (Å²) in [5.74, 6) is 0.882. The predicted molar refractivity (Wildman–Crippen MR) is 105 cm³/mol. The molecular weight excluding hydrogens is 362 g/mol. The lowest BCUT2D eigenvalue weighted by Gasteiger charge is -2.13. The van der Waals surface area contributed by atoms with Gasteiger partial charge in [-0.1, -0.05) is 25.5 Å². The SMILES string of the molecule is CCCCOc1nc(N)c2nc(OC)n(Cc3ccc(CO)cc3OC)c2n1. The Balaban J connectivity index is 2.04. The second kappa shape index (κ2) is 8.75. The maximum absolute atomic E-state index is 9.34. The van der Waals surface area contributed by atoms with Crippen LogP contribution in [0.5, 0.6) is 17.8 Å². The normalized spacial score (nSPS) is 11.0. The van der Waals surface area contributed by atoms with Crippen molar-refractivity contribution in [2.75, 3.05) is 26.6 Å². The number of ether oxygens (including phenoxy) is 3. The van der Waals surface area contributed by atoms with Gasteiger partial charge >= 0.3 is 6.01 Å². The Morgan fingerprint density at radius 1 is 1.14 bits per heavy atom. The molecule has 3 aromatic rings. The summed E-state index contributed by atoms with van der Waals surface area (Å²) < 4.78 is 18.3. The van der Waals surface area contributed by atoms with Gasteiger partial charge in [-0.25, -0.2) is 0 Å². The van der Waals surface area contributed by atoms with Crippen molar-refractivity contribution in [2.24, 2.45) is 0 Å². The average Bonchev–Trinajstić information content (AvgIpc) is 3.06. The third-order valence-electron chi connectivity index (χ3n) is 4.34. The highest BCUT2D eigenvalue weighted by atomic mass is 16.5. The number of fused-ring (bicyclic) bond motifs is 1. The quantitative estimate of drug-likeness (QED) is 0.536. The van der Waals surface area contributed by atoms with Crippen LogP contribution in [0.2, 0.25) is 0 Å². The zero-order valence-electron chi connectivity index (χ0n) is 16.3. The van der Waals surface area contributed by atoms with E-state index in [2.05, 4.69) is 21.9 Å². The summed E-state index contributed by atoms with van der Waals surface area (Å²) in [6.45, 7) is 2.93. The van der Waals surface area contributed by atoms with Crippen molar-refractivity contribution in [1.29, 1.82) is 0 Å². The van der Waals surface area contributed by atoms with Crippen LogP contribution in [0.3, 0.4) is 0 Å². The van der Waals surface area contributed by atoms with Gasteiger partial charge in [-0.05, 0) is 18.1 Å². The van der Waals surface area contributed by atoms with Gasteiger partial charge in [0.15, 0.2) is 17.0 Å². The zero-order valence-corrected chi connectivity index (χ0v) is 16.3. The first kappa shape index (κ1) is 19.7. The molecule has 9 nitrogen and oxygen atoms in total. The number of nitrogen functional groups attached to an aromatic ring is 1. The molecule has 0 amide bonds. The van der Waals surface area contributed by atoms with E-state index >= 15 is 0 Å². The summed E-state index contributed by atoms with van der Waals surface area (Å²) in [6.07, 6.45) is 1.91. The molecule has 9 heteroatoms. The summed E-state index contributed by atoms with van der Waals surface area (Å²) in [4.78, 5) is 13.1. The van der Waals surface area contributed by atoms with Gasteiger partial charge in [-0.15, -0.1) is 0 Å². The van der Waals surface area contributed by atoms with Crippen LogP contribution < -0.4 is 19.9 Å². The van der Waals surface area contributed by atoms with Crippen LogP contribution >= 0.6 is 0 Å². The van der Waals surface area contributed by atoms with E-state index in [1.54, 1.807) is 17.7 Å². The first-order chi connectivity index (χ1) is 13.6. The van der Waals surface area contributed by atoms with E-state index in [1.165, 1.54) is 7.11 Å². The van der Waals surface area contributed by atoms with Gasteiger partial charge in [0.2, 0.25) is 0 Å². The highest BCUT2D eigenvalue weighted by molar-refractivity contribution is 5.83. The summed E-state index contributed by atoms with van der Waals surface area (Å²) in [5, 5.41) is 9.34. The highest BCUT2D eigenvalue weighted by Crippen LogP contribution is 2.29. The van der Waals surface area contributed by atoms with Crippen molar-refractivity contribution in [3.05, 3.63) is 29.3 Å². The molecule has 0 aliphatic rings. The molecule has 0 fully saturated rings. The van der Waals surface area contributed by atoms with Crippen LogP contribution in [0.25, 0.3) is 11.2 Å². The molecule has 0 radical (unpaired) electrons. The molecule has 150 valence electrons. The summed E-state index contributed by atoms with van der Waals surface area (Å²) in [5.41, 5.74) is 8.68. The molecule has 0 saturated carbocycles. The van der Waals surface area contributed by atoms with E-state index in [0.29, 0.717) is 36.1 Å². The number of anilines is 1. The fourth-order valence-electron chi connectivity index (χ4n) is 2.84. The minimum absolute atomic E-state index is 0.0593. The number of aliphatic hydroxyl groups is 1. The standard InChI is InChI=1S/C19H25N5O4/c1-4-5-8-28-18-22-16(20)15-17(23-18)24(19(21-15)27-3)10-13-7-6-12(11-25)9-14(13)26-2/h6-7,9,25H,4-5,8,10-11H2,1-3H3,(H2,20,22,23). The monoisotopic (exact) mass is 387 g/mol. The van der Waals surface area contributed by atoms with Crippen LogP contribution in [0.15, 0.2) is 18.2 Å². The number of aliphatic hydroxyl groups excluding tert-OH is 1. The van der Waals surface area contributed by atoms with Crippen molar-refractivity contribution in [3.63, 3.8) is 0 Å². The minimum atomic E-state index is -0.0593. The summed E-state index contributed by atoms with van der Waals surface area (Å²) in [7, 11) is 3.12. The smallest absolute Gasteiger partial charge is 0.320 e. The molecule has 0 aliphatic carbocycles. The molecule has 2 heterocycles. The fourth-order valence-corrected chi connectivity index (χ4v) is 2.84. The molecule has 0 aliphatic heterocycles. The predicted octanol–water partition coefficient (Wildman–Crippen LogP) is 2.15. The van der Waals surface area contributed by atoms with E-state index in [0.717, 1.165) is 24.0 Å². The molecule has 0 spiro atoms. The number of nitrogens with zero attached hydrogens (tertiary/aromatic N) is 4. The van der Waals surface area contributed by atoms with Crippen LogP contribution in [0, 0.1) is 0 Å². The number of hydrogen-bond donors (Lipinski definition) is 2. The number of imidazole rings is 1. The Hall–Kier alpha value is -3.07. The number of unbranched alkanes of at least 4 members (excludes halogenated alkanes) is 1. The Kier molecular flexibility index (Phi) is 6.15. The number of rotatable bonds is 9. The van der Waals surface area contributed by atoms with Gasteiger partial charge in [-0.2, -0.15) is 15.0 Å². The van der Waals surface area contributed by atoms with Crippen molar-refractivity contribution in [3.8, 4) is 17.8 Å². The molecule has 0 atom stereocenters. The van der Waals surface area contributed by atoms with E-state index in [9.17, 15) is 5.11 Å². The van der Waals surface area contributed by atoms with Crippen LogP contribution in [0.4, 0.5) is 5.82 Å². The van der Waals surface area contributed by atoms with E-state index < -0.39 is 0 Å². The highest BCUT2D eigenvalue weighted by Gasteiger charge is 2.19. The van der Waals surface area contributed by atoms with Gasteiger partial charge in [0, 0.05) is 5.56 Å². The number of aromatic nitrogens is 4. The van der Waals surface area contributed by atoms with Gasteiger partial charge in [-0.3, -0.25) is 4.57 Å². The average molecular weight is 387 g/mol. The molecule has 3 rings (SSSR count). The minimum Gasteiger partial charge on any atom is -0.496 e. The molecule has 0 bridgehead atoms. The Labute approximate surface area is 163 Å². The Morgan fingerprint density at radius 2 is 1.96 bits per heavy atom. The lowest BCUT2D eigenvalue weighted by atomic mass is 10.1. The first-order valence-corrected chi connectivity index (χ1v) is 9.08. The Morgan fingerprint density at radius 3 is 2.64 bits per heavy atom. The molecule has 1 aromatic carbocycles. The molecule has 28 heavy (non-hydrogen) atoms. The van der Waals surface area contributed by atoms with Crippen molar-refractivity contribution < 1.29 is 19.3 Å². The van der Waals surface area contributed by atoms with Gasteiger partial charge in [0.25, 0.3) is 6.01 Å². The van der Waals surface area contributed by atoms with Gasteiger partial charge in [0.05, 0.1) is 34.0 Å². The van der Waals surface area contributed by atoms with Crippen molar-refractivity contribution >= 4 is 17.0 Å². The molecule has 3 N–H and O–H groups in total. The maximum atomic E-state index is 9.34. The Bertz CT molecular complexity index is 957. The second-order valence-corrected chi connectivity index (χ2v) is 6.25. The van der Waals surface area contributed by atoms with E-state index in [-0.39, 0.29) is 18.4 Å². The number of methoxy groups -OCH3 is 2. The fraction of sp³-hybridized carbons (Fsp3) is 0.421. The van der Waals surface area contributed by atoms with Crippen LogP contribution in [0.1, 0.15) is 30.9 Å². The van der Waals surface area contributed by atoms with Crippen LogP contribution in [-0.4, -0.2) is 45.5 Å². The van der Waals surface area contributed by atoms with Gasteiger partial charge < -0.3 is 25.1 Å². The topological polar surface area (TPSA) is 118 Å². The number of nitrogens with two attached hydrogens (primary N) is 1. The van der Waals surface area contributed by atoms with Crippen molar-refractivity contribution in [1.82, 2.24) is 19.5 Å². The molecule has 0 saturated heterocycles. The number of hydrogen-bond acceptors (Lipinski definition) is 8.